The van der Waals surface area contributed by atoms with Crippen molar-refractivity contribution in [2.45, 2.75) is 5.16 Å². The third-order valence-electron chi connectivity index (χ3n) is 1.44. The van der Waals surface area contributed by atoms with Gasteiger partial charge in [-0.15, -0.1) is 5.10 Å². The molecule has 0 spiro atoms. The standard InChI is InChI=1S/C6H4FN3O2S/c7-13(11,12)6-8-5-3-1-2-4-10(5)9-6/h1-4H. The highest BCUT2D eigenvalue weighted by atomic mass is 32.3. The van der Waals surface area contributed by atoms with Gasteiger partial charge in [0.15, 0.2) is 5.65 Å². The molecule has 0 aliphatic carbocycles. The van der Waals surface area contributed by atoms with Crippen LogP contribution in [0.1, 0.15) is 0 Å². The van der Waals surface area contributed by atoms with E-state index < -0.39 is 15.4 Å². The van der Waals surface area contributed by atoms with Crippen LogP contribution in [0.3, 0.4) is 0 Å². The first-order valence-electron chi connectivity index (χ1n) is 3.33. The normalized spacial score (nSPS) is 12.1. The second-order valence-corrected chi connectivity index (χ2v) is 3.58. The first kappa shape index (κ1) is 8.11. The van der Waals surface area contributed by atoms with Gasteiger partial charge in [0.25, 0.3) is 5.16 Å². The summed E-state index contributed by atoms with van der Waals surface area (Å²) in [7, 11) is -4.81. The van der Waals surface area contributed by atoms with Crippen LogP contribution in [0, 0.1) is 0 Å². The zero-order valence-corrected chi connectivity index (χ0v) is 7.07. The van der Waals surface area contributed by atoms with Gasteiger partial charge in [0, 0.05) is 6.20 Å². The molecular weight excluding hydrogens is 197 g/mol. The van der Waals surface area contributed by atoms with Crippen LogP contribution in [0.5, 0.6) is 0 Å². The largest absolute Gasteiger partial charge is 0.369 e. The van der Waals surface area contributed by atoms with Crippen LogP contribution in [0.25, 0.3) is 5.65 Å². The molecule has 0 N–H and O–H groups in total. The van der Waals surface area contributed by atoms with Gasteiger partial charge in [-0.3, -0.25) is 0 Å². The Kier molecular flexibility index (Phi) is 1.56. The minimum Gasteiger partial charge on any atom is -0.220 e. The Morgan fingerprint density at radius 3 is 2.77 bits per heavy atom. The van der Waals surface area contributed by atoms with Crippen LogP contribution in [0.4, 0.5) is 3.89 Å². The average molecular weight is 201 g/mol. The molecule has 0 aromatic carbocycles. The first-order valence-corrected chi connectivity index (χ1v) is 4.72. The van der Waals surface area contributed by atoms with Crippen molar-refractivity contribution in [3.8, 4) is 0 Å². The fourth-order valence-corrected chi connectivity index (χ4v) is 1.30. The molecule has 0 fully saturated rings. The molecule has 2 rings (SSSR count). The fourth-order valence-electron chi connectivity index (χ4n) is 0.914. The van der Waals surface area contributed by atoms with Crippen LogP contribution in [-0.2, 0) is 10.2 Å². The van der Waals surface area contributed by atoms with Gasteiger partial charge < -0.3 is 0 Å². The summed E-state index contributed by atoms with van der Waals surface area (Å²) in [6, 6.07) is 4.82. The van der Waals surface area contributed by atoms with E-state index in [0.29, 0.717) is 5.65 Å². The molecule has 0 amide bonds. The Balaban J connectivity index is 2.77. The van der Waals surface area contributed by atoms with E-state index in [2.05, 4.69) is 10.1 Å². The van der Waals surface area contributed by atoms with Crippen molar-refractivity contribution in [2.75, 3.05) is 0 Å². The molecule has 0 saturated heterocycles. The molecule has 0 bridgehead atoms. The smallest absolute Gasteiger partial charge is 0.220 e. The number of rotatable bonds is 1. The number of hydrogen-bond donors (Lipinski definition) is 0. The zero-order valence-electron chi connectivity index (χ0n) is 6.25. The van der Waals surface area contributed by atoms with Gasteiger partial charge in [-0.2, -0.15) is 13.4 Å². The molecule has 0 aliphatic rings. The summed E-state index contributed by atoms with van der Waals surface area (Å²) in [5.41, 5.74) is 0.290. The van der Waals surface area contributed by atoms with Crippen LogP contribution >= 0.6 is 0 Å². The summed E-state index contributed by atoms with van der Waals surface area (Å²) in [6.45, 7) is 0. The van der Waals surface area contributed by atoms with E-state index in [9.17, 15) is 12.3 Å². The van der Waals surface area contributed by atoms with Crippen LogP contribution in [-0.4, -0.2) is 23.0 Å². The zero-order chi connectivity index (χ0) is 9.47. The van der Waals surface area contributed by atoms with Gasteiger partial charge in [-0.1, -0.05) is 9.95 Å². The van der Waals surface area contributed by atoms with Gasteiger partial charge in [-0.05, 0) is 12.1 Å². The summed E-state index contributed by atoms with van der Waals surface area (Å²) < 4.78 is 34.4. The first-order chi connectivity index (χ1) is 6.07. The van der Waals surface area contributed by atoms with Crippen LogP contribution in [0.15, 0.2) is 29.6 Å². The van der Waals surface area contributed by atoms with Crippen molar-refractivity contribution < 1.29 is 12.3 Å². The number of pyridine rings is 1. The lowest BCUT2D eigenvalue weighted by Gasteiger charge is -1.84. The molecule has 0 atom stereocenters. The highest BCUT2D eigenvalue weighted by Crippen LogP contribution is 2.07. The third kappa shape index (κ3) is 1.37. The van der Waals surface area contributed by atoms with Crippen molar-refractivity contribution in [1.29, 1.82) is 0 Å². The maximum absolute atomic E-state index is 12.4. The van der Waals surface area contributed by atoms with Crippen LogP contribution < -0.4 is 0 Å². The molecule has 5 nitrogen and oxygen atoms in total. The molecule has 2 heterocycles. The van der Waals surface area contributed by atoms with E-state index in [0.717, 1.165) is 0 Å². The van der Waals surface area contributed by atoms with Gasteiger partial charge in [0.1, 0.15) is 0 Å². The molecule has 0 aliphatic heterocycles. The van der Waals surface area contributed by atoms with E-state index in [1.54, 1.807) is 12.1 Å². The fraction of sp³-hybridized carbons (Fsp3) is 0. The van der Waals surface area contributed by atoms with E-state index >= 15 is 0 Å². The minimum atomic E-state index is -4.81. The maximum Gasteiger partial charge on any atom is 0.369 e. The molecule has 13 heavy (non-hydrogen) atoms. The highest BCUT2D eigenvalue weighted by Gasteiger charge is 2.18. The van der Waals surface area contributed by atoms with Gasteiger partial charge in [0.2, 0.25) is 0 Å². The number of hydrogen-bond acceptors (Lipinski definition) is 4. The molecular formula is C6H4FN3O2S. The number of aromatic nitrogens is 3. The molecule has 7 heteroatoms. The predicted octanol–water partition coefficient (Wildman–Crippen LogP) is 0.387. The second-order valence-electron chi connectivity index (χ2n) is 2.34. The monoisotopic (exact) mass is 201 g/mol. The van der Waals surface area contributed by atoms with E-state index in [1.807, 2.05) is 0 Å². The molecule has 0 radical (unpaired) electrons. The lowest BCUT2D eigenvalue weighted by Crippen LogP contribution is -1.95. The summed E-state index contributed by atoms with van der Waals surface area (Å²) in [4.78, 5) is 3.47. The molecule has 68 valence electrons. The lowest BCUT2D eigenvalue weighted by molar-refractivity contribution is 0.542. The third-order valence-corrected chi connectivity index (χ3v) is 2.05. The van der Waals surface area contributed by atoms with Crippen LogP contribution in [0.2, 0.25) is 0 Å². The number of fused-ring (bicyclic) bond motifs is 1. The van der Waals surface area contributed by atoms with Crippen molar-refractivity contribution in [2.24, 2.45) is 0 Å². The average Bonchev–Trinajstić information content (AvgIpc) is 2.45. The molecule has 2 aromatic rings. The Labute approximate surface area is 73.0 Å². The second kappa shape index (κ2) is 2.49. The van der Waals surface area contributed by atoms with Crippen molar-refractivity contribution in [1.82, 2.24) is 14.6 Å². The van der Waals surface area contributed by atoms with Crippen molar-refractivity contribution in [3.05, 3.63) is 24.4 Å². The maximum atomic E-state index is 12.4. The van der Waals surface area contributed by atoms with Gasteiger partial charge in [-0.25, -0.2) is 4.52 Å². The summed E-state index contributed by atoms with van der Waals surface area (Å²) >= 11 is 0. The quantitative estimate of drug-likeness (QED) is 0.626. The Hall–Kier alpha value is -1.50. The van der Waals surface area contributed by atoms with E-state index in [-0.39, 0.29) is 0 Å². The lowest BCUT2D eigenvalue weighted by atomic mass is 10.5. The Bertz CT molecular complexity index is 515. The minimum absolute atomic E-state index is 0.290. The Morgan fingerprint density at radius 1 is 1.38 bits per heavy atom. The Morgan fingerprint density at radius 2 is 2.15 bits per heavy atom. The predicted molar refractivity (Wildman–Crippen MR) is 41.3 cm³/mol. The number of nitrogens with zero attached hydrogens (tertiary/aromatic N) is 3. The SMILES string of the molecule is O=S(=O)(F)c1nc2ccccn2n1. The molecule has 0 unspecified atom stereocenters. The topological polar surface area (TPSA) is 64.3 Å². The summed E-state index contributed by atoms with van der Waals surface area (Å²) in [5.74, 6) is 0. The van der Waals surface area contributed by atoms with Crippen molar-refractivity contribution >= 4 is 15.9 Å². The van der Waals surface area contributed by atoms with Gasteiger partial charge in [0.05, 0.1) is 0 Å². The van der Waals surface area contributed by atoms with Gasteiger partial charge >= 0.3 is 10.2 Å². The van der Waals surface area contributed by atoms with E-state index in [4.69, 9.17) is 0 Å². The van der Waals surface area contributed by atoms with Crippen molar-refractivity contribution in [3.63, 3.8) is 0 Å². The number of halogens is 1. The molecule has 0 saturated carbocycles. The summed E-state index contributed by atoms with van der Waals surface area (Å²) in [5, 5.41) is 2.62. The van der Waals surface area contributed by atoms with E-state index in [1.165, 1.54) is 16.8 Å². The summed E-state index contributed by atoms with van der Waals surface area (Å²) in [6.07, 6.45) is 1.48. The highest BCUT2D eigenvalue weighted by molar-refractivity contribution is 7.86. The molecule has 2 aromatic heterocycles.